The van der Waals surface area contributed by atoms with Crippen molar-refractivity contribution in [1.82, 2.24) is 15.0 Å². The van der Waals surface area contributed by atoms with Gasteiger partial charge in [0.15, 0.2) is 5.82 Å². The predicted molar refractivity (Wildman–Crippen MR) is 105 cm³/mol. The van der Waals surface area contributed by atoms with Crippen LogP contribution in [-0.4, -0.2) is 46.9 Å². The molecule has 148 valence electrons. The van der Waals surface area contributed by atoms with Gasteiger partial charge in [0, 0.05) is 30.8 Å². The first kappa shape index (κ1) is 17.8. The van der Waals surface area contributed by atoms with Gasteiger partial charge < -0.3 is 14.4 Å². The molecule has 0 amide bonds. The van der Waals surface area contributed by atoms with Crippen LogP contribution in [0.25, 0.3) is 11.3 Å². The smallest absolute Gasteiger partial charge is 0.252 e. The van der Waals surface area contributed by atoms with Crippen molar-refractivity contribution in [3.63, 3.8) is 0 Å². The second-order valence-electron chi connectivity index (χ2n) is 7.13. The first-order chi connectivity index (χ1) is 14.2. The largest absolute Gasteiger partial charge is 0.487 e. The Balaban J connectivity index is 1.39. The highest BCUT2D eigenvalue weighted by atomic mass is 19.1. The highest BCUT2D eigenvalue weighted by molar-refractivity contribution is 5.60. The zero-order chi connectivity index (χ0) is 19.8. The summed E-state index contributed by atoms with van der Waals surface area (Å²) in [4.78, 5) is 25.2. The fourth-order valence-electron chi connectivity index (χ4n) is 3.82. The number of pyridine rings is 1. The van der Waals surface area contributed by atoms with Gasteiger partial charge in [-0.15, -0.1) is 0 Å². The van der Waals surface area contributed by atoms with Crippen molar-refractivity contribution in [3.05, 3.63) is 70.5 Å². The van der Waals surface area contributed by atoms with E-state index in [-0.39, 0.29) is 29.0 Å². The van der Waals surface area contributed by atoms with Gasteiger partial charge in [-0.25, -0.2) is 9.37 Å². The number of hydrogen-bond donors (Lipinski definition) is 1. The molecular formula is C21H19FN4O3. The number of benzene rings is 1. The van der Waals surface area contributed by atoms with E-state index in [1.54, 1.807) is 0 Å². The molecule has 0 saturated carbocycles. The number of aromatic nitrogens is 3. The van der Waals surface area contributed by atoms with Crippen LogP contribution >= 0.6 is 0 Å². The third-order valence-electron chi connectivity index (χ3n) is 5.26. The fraction of sp³-hybridized carbons (Fsp3) is 0.286. The van der Waals surface area contributed by atoms with Crippen LogP contribution in [0.5, 0.6) is 5.75 Å². The van der Waals surface area contributed by atoms with Crippen LogP contribution in [0.4, 0.5) is 10.3 Å². The molecule has 2 aromatic heterocycles. The van der Waals surface area contributed by atoms with E-state index >= 15 is 0 Å². The molecule has 1 saturated heterocycles. The standard InChI is InChI=1S/C21H19FN4O3/c22-15-11-23-6-5-14(15)16-10-20(27)25-21(24-16)26-7-8-28-19(12-26)18-9-13-3-1-2-4-17(13)29-18/h1-6,10-11,18-19H,7-9,12H2,(H,24,25,27)/t18?,19-/m1/s1. The van der Waals surface area contributed by atoms with Crippen LogP contribution in [0.1, 0.15) is 5.56 Å². The SMILES string of the molecule is O=c1cc(-c2ccncc2F)nc(N2CCO[C@@H](C3Cc4ccccc4O3)C2)[nH]1. The Kier molecular flexibility index (Phi) is 4.48. The molecule has 3 aromatic rings. The molecule has 29 heavy (non-hydrogen) atoms. The summed E-state index contributed by atoms with van der Waals surface area (Å²) >= 11 is 0. The average Bonchev–Trinajstić information content (AvgIpc) is 3.18. The maximum Gasteiger partial charge on any atom is 0.252 e. The van der Waals surface area contributed by atoms with Crippen LogP contribution in [0.3, 0.4) is 0 Å². The van der Waals surface area contributed by atoms with Gasteiger partial charge in [0.25, 0.3) is 5.56 Å². The summed E-state index contributed by atoms with van der Waals surface area (Å²) in [5.41, 5.74) is 1.34. The number of ether oxygens (including phenoxy) is 2. The van der Waals surface area contributed by atoms with E-state index < -0.39 is 5.82 Å². The Bertz CT molecular complexity index is 1080. The lowest BCUT2D eigenvalue weighted by Crippen LogP contribution is -2.50. The van der Waals surface area contributed by atoms with E-state index in [1.165, 1.54) is 23.9 Å². The number of fused-ring (bicyclic) bond motifs is 1. The number of halogens is 1. The molecule has 7 nitrogen and oxygen atoms in total. The summed E-state index contributed by atoms with van der Waals surface area (Å²) in [6.07, 6.45) is 3.10. The second-order valence-corrected chi connectivity index (χ2v) is 7.13. The maximum absolute atomic E-state index is 14.1. The molecule has 2 atom stereocenters. The molecule has 0 spiro atoms. The molecule has 8 heteroatoms. The van der Waals surface area contributed by atoms with Crippen LogP contribution in [-0.2, 0) is 11.2 Å². The summed E-state index contributed by atoms with van der Waals surface area (Å²) in [6.45, 7) is 1.57. The van der Waals surface area contributed by atoms with E-state index in [2.05, 4.69) is 21.0 Å². The Labute approximate surface area is 166 Å². The lowest BCUT2D eigenvalue weighted by Gasteiger charge is -2.35. The Hall–Kier alpha value is -3.26. The fourth-order valence-corrected chi connectivity index (χ4v) is 3.82. The van der Waals surface area contributed by atoms with Crippen LogP contribution in [0, 0.1) is 5.82 Å². The molecular weight excluding hydrogens is 375 g/mol. The highest BCUT2D eigenvalue weighted by Gasteiger charge is 2.35. The van der Waals surface area contributed by atoms with Crippen molar-refractivity contribution in [1.29, 1.82) is 0 Å². The van der Waals surface area contributed by atoms with Gasteiger partial charge in [-0.05, 0) is 17.7 Å². The maximum atomic E-state index is 14.1. The van der Waals surface area contributed by atoms with Gasteiger partial charge in [0.2, 0.25) is 5.95 Å². The van der Waals surface area contributed by atoms with Crippen molar-refractivity contribution in [2.75, 3.05) is 24.6 Å². The van der Waals surface area contributed by atoms with E-state index in [9.17, 15) is 9.18 Å². The number of rotatable bonds is 3. The monoisotopic (exact) mass is 394 g/mol. The van der Waals surface area contributed by atoms with E-state index in [0.29, 0.717) is 25.6 Å². The molecule has 4 heterocycles. The van der Waals surface area contributed by atoms with Gasteiger partial charge in [0.1, 0.15) is 18.0 Å². The number of hydrogen-bond acceptors (Lipinski definition) is 6. The zero-order valence-electron chi connectivity index (χ0n) is 15.5. The number of nitrogens with zero attached hydrogens (tertiary/aromatic N) is 3. The molecule has 2 aliphatic rings. The molecule has 5 rings (SSSR count). The van der Waals surface area contributed by atoms with Gasteiger partial charge in [-0.2, -0.15) is 0 Å². The summed E-state index contributed by atoms with van der Waals surface area (Å²) in [7, 11) is 0. The lowest BCUT2D eigenvalue weighted by molar-refractivity contribution is -0.0259. The van der Waals surface area contributed by atoms with Crippen molar-refractivity contribution >= 4 is 5.95 Å². The van der Waals surface area contributed by atoms with E-state index in [0.717, 1.165) is 18.4 Å². The van der Waals surface area contributed by atoms with Gasteiger partial charge >= 0.3 is 0 Å². The number of aromatic amines is 1. The number of para-hydroxylation sites is 1. The van der Waals surface area contributed by atoms with Crippen molar-refractivity contribution in [2.24, 2.45) is 0 Å². The summed E-state index contributed by atoms with van der Waals surface area (Å²) in [5, 5.41) is 0. The molecule has 1 unspecified atom stereocenters. The minimum absolute atomic E-state index is 0.0947. The molecule has 0 aliphatic carbocycles. The van der Waals surface area contributed by atoms with Gasteiger partial charge in [0.05, 0.1) is 25.0 Å². The van der Waals surface area contributed by atoms with E-state index in [4.69, 9.17) is 9.47 Å². The summed E-state index contributed by atoms with van der Waals surface area (Å²) in [5.74, 6) is 0.765. The highest BCUT2D eigenvalue weighted by Crippen LogP contribution is 2.31. The normalized spacial score (nSPS) is 20.9. The number of nitrogens with one attached hydrogen (secondary N) is 1. The Morgan fingerprint density at radius 1 is 1.21 bits per heavy atom. The molecule has 2 aliphatic heterocycles. The van der Waals surface area contributed by atoms with Gasteiger partial charge in [-0.1, -0.05) is 18.2 Å². The minimum atomic E-state index is -0.520. The van der Waals surface area contributed by atoms with Crippen LogP contribution in [0.2, 0.25) is 0 Å². The van der Waals surface area contributed by atoms with Crippen LogP contribution in [0.15, 0.2) is 53.6 Å². The second kappa shape index (κ2) is 7.29. The van der Waals surface area contributed by atoms with Crippen molar-refractivity contribution in [3.8, 4) is 17.0 Å². The van der Waals surface area contributed by atoms with Crippen LogP contribution < -0.4 is 15.2 Å². The number of anilines is 1. The topological polar surface area (TPSA) is 80.3 Å². The summed E-state index contributed by atoms with van der Waals surface area (Å²) < 4.78 is 26.1. The molecule has 1 fully saturated rings. The molecule has 0 radical (unpaired) electrons. The number of H-pyrrole nitrogens is 1. The Morgan fingerprint density at radius 2 is 2.10 bits per heavy atom. The number of morpholine rings is 1. The third-order valence-corrected chi connectivity index (χ3v) is 5.26. The third kappa shape index (κ3) is 3.47. The first-order valence-corrected chi connectivity index (χ1v) is 9.50. The molecule has 1 N–H and O–H groups in total. The quantitative estimate of drug-likeness (QED) is 0.734. The molecule has 1 aromatic carbocycles. The van der Waals surface area contributed by atoms with Crippen molar-refractivity contribution in [2.45, 2.75) is 18.6 Å². The Morgan fingerprint density at radius 3 is 2.97 bits per heavy atom. The minimum Gasteiger partial charge on any atom is -0.487 e. The predicted octanol–water partition coefficient (Wildman–Crippen LogP) is 2.18. The first-order valence-electron chi connectivity index (χ1n) is 9.50. The van der Waals surface area contributed by atoms with E-state index in [1.807, 2.05) is 23.1 Å². The summed E-state index contributed by atoms with van der Waals surface area (Å²) in [6, 6.07) is 10.8. The average molecular weight is 394 g/mol. The zero-order valence-corrected chi connectivity index (χ0v) is 15.5. The van der Waals surface area contributed by atoms with Gasteiger partial charge in [-0.3, -0.25) is 14.8 Å². The lowest BCUT2D eigenvalue weighted by atomic mass is 10.1. The molecule has 0 bridgehead atoms. The van der Waals surface area contributed by atoms with Crippen molar-refractivity contribution < 1.29 is 13.9 Å².